The third kappa shape index (κ3) is 5.39. The van der Waals surface area contributed by atoms with E-state index in [4.69, 9.17) is 11.6 Å². The van der Waals surface area contributed by atoms with Crippen LogP contribution in [0.3, 0.4) is 0 Å². The number of anilines is 1. The number of carbonyl (C=O) groups is 1. The standard InChI is InChI=1S/C15H24ClN3O/c1-11(2)18-10-12-5-6-13(9-14(12)16)19(4)8-7-15(20)17-3/h5-6,9,11,18H,7-8,10H2,1-4H3,(H,17,20). The fraction of sp³-hybridized carbons (Fsp3) is 0.533. The van der Waals surface area contributed by atoms with Gasteiger partial charge >= 0.3 is 0 Å². The Balaban J connectivity index is 2.63. The molecule has 0 fully saturated rings. The molecular formula is C15H24ClN3O. The van der Waals surface area contributed by atoms with Crippen LogP contribution in [0.2, 0.25) is 5.02 Å². The first-order valence-corrected chi connectivity index (χ1v) is 7.25. The van der Waals surface area contributed by atoms with Gasteiger partial charge in [0.05, 0.1) is 0 Å². The van der Waals surface area contributed by atoms with Crippen LogP contribution in [0.15, 0.2) is 18.2 Å². The van der Waals surface area contributed by atoms with Crippen LogP contribution in [-0.2, 0) is 11.3 Å². The SMILES string of the molecule is CNC(=O)CCN(C)c1ccc(CNC(C)C)c(Cl)c1. The predicted molar refractivity (Wildman–Crippen MR) is 85.4 cm³/mol. The average Bonchev–Trinajstić information content (AvgIpc) is 2.42. The summed E-state index contributed by atoms with van der Waals surface area (Å²) in [6.45, 7) is 5.64. The van der Waals surface area contributed by atoms with E-state index in [1.54, 1.807) is 7.05 Å². The van der Waals surface area contributed by atoms with Gasteiger partial charge in [-0.1, -0.05) is 31.5 Å². The fourth-order valence-corrected chi connectivity index (χ4v) is 2.00. The molecule has 2 N–H and O–H groups in total. The topological polar surface area (TPSA) is 44.4 Å². The zero-order valence-electron chi connectivity index (χ0n) is 12.7. The van der Waals surface area contributed by atoms with E-state index in [1.807, 2.05) is 30.1 Å². The van der Waals surface area contributed by atoms with Crippen LogP contribution in [-0.4, -0.2) is 32.6 Å². The lowest BCUT2D eigenvalue weighted by Crippen LogP contribution is -2.26. The van der Waals surface area contributed by atoms with Crippen molar-refractivity contribution in [2.75, 3.05) is 25.5 Å². The minimum absolute atomic E-state index is 0.0423. The van der Waals surface area contributed by atoms with Crippen LogP contribution in [0.4, 0.5) is 5.69 Å². The first kappa shape index (κ1) is 16.8. The summed E-state index contributed by atoms with van der Waals surface area (Å²) in [7, 11) is 3.61. The molecule has 0 spiro atoms. The second kappa shape index (κ2) is 8.12. The highest BCUT2D eigenvalue weighted by Gasteiger charge is 2.07. The molecule has 112 valence electrons. The normalized spacial score (nSPS) is 10.7. The van der Waals surface area contributed by atoms with Gasteiger partial charge in [-0.25, -0.2) is 0 Å². The van der Waals surface area contributed by atoms with Crippen LogP contribution in [0.1, 0.15) is 25.8 Å². The highest BCUT2D eigenvalue weighted by atomic mass is 35.5. The van der Waals surface area contributed by atoms with Crippen molar-refractivity contribution >= 4 is 23.2 Å². The molecule has 0 bridgehead atoms. The molecule has 1 amide bonds. The van der Waals surface area contributed by atoms with Gasteiger partial charge in [0, 0.05) is 50.4 Å². The summed E-state index contributed by atoms with van der Waals surface area (Å²) in [5.74, 6) is 0.0423. The zero-order chi connectivity index (χ0) is 15.1. The van der Waals surface area contributed by atoms with Crippen LogP contribution in [0.5, 0.6) is 0 Å². The Morgan fingerprint density at radius 1 is 1.40 bits per heavy atom. The van der Waals surface area contributed by atoms with Crippen molar-refractivity contribution in [2.24, 2.45) is 0 Å². The molecule has 0 unspecified atom stereocenters. The van der Waals surface area contributed by atoms with Gasteiger partial charge in [-0.05, 0) is 17.7 Å². The largest absolute Gasteiger partial charge is 0.374 e. The van der Waals surface area contributed by atoms with E-state index in [0.29, 0.717) is 19.0 Å². The molecule has 0 aliphatic rings. The summed E-state index contributed by atoms with van der Waals surface area (Å²) >= 11 is 6.30. The molecule has 1 rings (SSSR count). The number of rotatable bonds is 7. The van der Waals surface area contributed by atoms with Crippen molar-refractivity contribution in [1.82, 2.24) is 10.6 Å². The Morgan fingerprint density at radius 2 is 2.10 bits per heavy atom. The summed E-state index contributed by atoms with van der Waals surface area (Å²) in [5.41, 5.74) is 2.11. The van der Waals surface area contributed by atoms with E-state index in [0.717, 1.165) is 22.8 Å². The first-order valence-electron chi connectivity index (χ1n) is 6.87. The maximum Gasteiger partial charge on any atom is 0.221 e. The lowest BCUT2D eigenvalue weighted by atomic mass is 10.2. The smallest absolute Gasteiger partial charge is 0.221 e. The molecule has 5 heteroatoms. The van der Waals surface area contributed by atoms with Crippen molar-refractivity contribution in [1.29, 1.82) is 0 Å². The molecule has 0 radical (unpaired) electrons. The van der Waals surface area contributed by atoms with Gasteiger partial charge in [0.25, 0.3) is 0 Å². The average molecular weight is 298 g/mol. The van der Waals surface area contributed by atoms with Crippen LogP contribution >= 0.6 is 11.6 Å². The van der Waals surface area contributed by atoms with Crippen molar-refractivity contribution in [3.8, 4) is 0 Å². The number of amides is 1. The number of carbonyl (C=O) groups excluding carboxylic acids is 1. The molecule has 0 saturated heterocycles. The molecular weight excluding hydrogens is 274 g/mol. The summed E-state index contributed by atoms with van der Waals surface area (Å²) < 4.78 is 0. The van der Waals surface area contributed by atoms with E-state index in [9.17, 15) is 4.79 Å². The minimum Gasteiger partial charge on any atom is -0.374 e. The molecule has 4 nitrogen and oxygen atoms in total. The molecule has 0 aliphatic carbocycles. The van der Waals surface area contributed by atoms with Gasteiger partial charge in [0.2, 0.25) is 5.91 Å². The quantitative estimate of drug-likeness (QED) is 0.812. The summed E-state index contributed by atoms with van der Waals surface area (Å²) in [6.07, 6.45) is 0.473. The van der Waals surface area contributed by atoms with E-state index < -0.39 is 0 Å². The van der Waals surface area contributed by atoms with E-state index >= 15 is 0 Å². The summed E-state index contributed by atoms with van der Waals surface area (Å²) in [4.78, 5) is 13.3. The third-order valence-corrected chi connectivity index (χ3v) is 3.48. The van der Waals surface area contributed by atoms with E-state index in [1.165, 1.54) is 0 Å². The zero-order valence-corrected chi connectivity index (χ0v) is 13.4. The highest BCUT2D eigenvalue weighted by molar-refractivity contribution is 6.31. The molecule has 0 aliphatic heterocycles. The van der Waals surface area contributed by atoms with Crippen molar-refractivity contribution < 1.29 is 4.79 Å². The van der Waals surface area contributed by atoms with Crippen LogP contribution < -0.4 is 15.5 Å². The number of nitrogens with zero attached hydrogens (tertiary/aromatic N) is 1. The molecule has 0 atom stereocenters. The summed E-state index contributed by atoms with van der Waals surface area (Å²) in [6, 6.07) is 6.44. The third-order valence-electron chi connectivity index (χ3n) is 3.13. The second-order valence-electron chi connectivity index (χ2n) is 5.16. The molecule has 1 aromatic rings. The maximum atomic E-state index is 11.2. The lowest BCUT2D eigenvalue weighted by Gasteiger charge is -2.20. The van der Waals surface area contributed by atoms with Crippen LogP contribution in [0.25, 0.3) is 0 Å². The van der Waals surface area contributed by atoms with Gasteiger partial charge in [0.1, 0.15) is 0 Å². The Labute approximate surface area is 126 Å². The molecule has 1 aromatic carbocycles. The number of nitrogens with one attached hydrogen (secondary N) is 2. The fourth-order valence-electron chi connectivity index (χ4n) is 1.75. The monoisotopic (exact) mass is 297 g/mol. The number of halogens is 1. The first-order chi connectivity index (χ1) is 9.43. The Kier molecular flexibility index (Phi) is 6.82. The molecule has 0 heterocycles. The van der Waals surface area contributed by atoms with Crippen molar-refractivity contribution in [2.45, 2.75) is 32.9 Å². The molecule has 20 heavy (non-hydrogen) atoms. The van der Waals surface area contributed by atoms with Crippen molar-refractivity contribution in [3.63, 3.8) is 0 Å². The Morgan fingerprint density at radius 3 is 2.65 bits per heavy atom. The van der Waals surface area contributed by atoms with Gasteiger partial charge in [-0.2, -0.15) is 0 Å². The van der Waals surface area contributed by atoms with E-state index in [2.05, 4.69) is 24.5 Å². The second-order valence-corrected chi connectivity index (χ2v) is 5.56. The van der Waals surface area contributed by atoms with Gasteiger partial charge in [-0.3, -0.25) is 4.79 Å². The maximum absolute atomic E-state index is 11.2. The van der Waals surface area contributed by atoms with Gasteiger partial charge in [-0.15, -0.1) is 0 Å². The van der Waals surface area contributed by atoms with Gasteiger partial charge < -0.3 is 15.5 Å². The Bertz CT molecular complexity index is 449. The van der Waals surface area contributed by atoms with E-state index in [-0.39, 0.29) is 5.91 Å². The number of hydrogen-bond donors (Lipinski definition) is 2. The summed E-state index contributed by atoms with van der Waals surface area (Å²) in [5, 5.41) is 6.72. The highest BCUT2D eigenvalue weighted by Crippen LogP contribution is 2.23. The number of hydrogen-bond acceptors (Lipinski definition) is 3. The Hall–Kier alpha value is -1.26. The van der Waals surface area contributed by atoms with Crippen molar-refractivity contribution in [3.05, 3.63) is 28.8 Å². The van der Waals surface area contributed by atoms with Gasteiger partial charge in [0.15, 0.2) is 0 Å². The molecule has 0 aromatic heterocycles. The lowest BCUT2D eigenvalue weighted by molar-refractivity contribution is -0.120. The minimum atomic E-state index is 0.0423. The number of benzene rings is 1. The predicted octanol–water partition coefficient (Wildman–Crippen LogP) is 2.41. The van der Waals surface area contributed by atoms with Crippen LogP contribution in [0, 0.1) is 0 Å². The molecule has 0 saturated carbocycles.